The van der Waals surface area contributed by atoms with Crippen molar-refractivity contribution in [3.05, 3.63) is 78.9 Å². The van der Waals surface area contributed by atoms with Gasteiger partial charge in [-0.05, 0) is 42.5 Å². The second-order valence-corrected chi connectivity index (χ2v) is 7.66. The minimum atomic E-state index is -1.09. The van der Waals surface area contributed by atoms with E-state index in [9.17, 15) is 19.2 Å². The Bertz CT molecular complexity index is 1200. The lowest BCUT2D eigenvalue weighted by Gasteiger charge is -2.22. The third-order valence-electron chi connectivity index (χ3n) is 5.02. The first-order chi connectivity index (χ1) is 16.7. The average Bonchev–Trinajstić information content (AvgIpc) is 3.09. The molecule has 1 atom stereocenters. The number of benzene rings is 2. The fourth-order valence-electron chi connectivity index (χ4n) is 3.21. The van der Waals surface area contributed by atoms with Crippen molar-refractivity contribution in [2.75, 3.05) is 32.1 Å². The molecular weight excluding hydrogens is 452 g/mol. The number of azo groups is 1. The molecule has 180 valence electrons. The van der Waals surface area contributed by atoms with E-state index in [0.29, 0.717) is 11.4 Å². The van der Waals surface area contributed by atoms with Gasteiger partial charge in [0.1, 0.15) is 6.61 Å². The van der Waals surface area contributed by atoms with Gasteiger partial charge in [-0.1, -0.05) is 13.2 Å². The van der Waals surface area contributed by atoms with Crippen LogP contribution in [0.1, 0.15) is 20.7 Å². The van der Waals surface area contributed by atoms with Crippen LogP contribution in [-0.4, -0.2) is 62.0 Å². The number of esters is 2. The lowest BCUT2D eigenvalue weighted by Crippen LogP contribution is -2.41. The predicted octanol–water partition coefficient (Wildman–Crippen LogP) is 3.59. The van der Waals surface area contributed by atoms with Crippen LogP contribution in [0, 0.1) is 0 Å². The molecule has 1 aliphatic rings. The highest BCUT2D eigenvalue weighted by molar-refractivity contribution is 6.21. The summed E-state index contributed by atoms with van der Waals surface area (Å²) in [6, 6.07) is 12.0. The summed E-state index contributed by atoms with van der Waals surface area (Å²) in [6.45, 7) is 5.92. The first kappa shape index (κ1) is 25.0. The number of anilines is 1. The summed E-state index contributed by atoms with van der Waals surface area (Å²) in [5.74, 6) is -2.68. The highest BCUT2D eigenvalue weighted by Gasteiger charge is 2.38. The topological polar surface area (TPSA) is 118 Å². The van der Waals surface area contributed by atoms with Gasteiger partial charge in [-0.3, -0.25) is 14.5 Å². The van der Waals surface area contributed by atoms with Crippen LogP contribution in [0.25, 0.3) is 0 Å². The van der Waals surface area contributed by atoms with Crippen molar-refractivity contribution in [3.8, 4) is 0 Å². The van der Waals surface area contributed by atoms with E-state index >= 15 is 0 Å². The molecule has 0 N–H and O–H groups in total. The van der Waals surface area contributed by atoms with Gasteiger partial charge in [-0.15, -0.1) is 0 Å². The maximum atomic E-state index is 13.0. The van der Waals surface area contributed by atoms with E-state index in [1.165, 1.54) is 12.1 Å². The monoisotopic (exact) mass is 476 g/mol. The Balaban J connectivity index is 1.76. The Morgan fingerprint density at radius 1 is 0.943 bits per heavy atom. The molecule has 0 radical (unpaired) electrons. The van der Waals surface area contributed by atoms with E-state index in [0.717, 1.165) is 22.7 Å². The largest absolute Gasteiger partial charge is 0.459 e. The fraction of sp³-hybridized carbons (Fsp3) is 0.200. The Morgan fingerprint density at radius 2 is 1.54 bits per heavy atom. The Hall–Kier alpha value is -4.60. The first-order valence-electron chi connectivity index (χ1n) is 10.5. The molecule has 1 unspecified atom stereocenters. The highest BCUT2D eigenvalue weighted by atomic mass is 16.6. The summed E-state index contributed by atoms with van der Waals surface area (Å²) in [4.78, 5) is 51.7. The van der Waals surface area contributed by atoms with E-state index in [4.69, 9.17) is 9.47 Å². The highest BCUT2D eigenvalue weighted by Crippen LogP contribution is 2.29. The molecule has 0 fully saturated rings. The maximum Gasteiger partial charge on any atom is 0.330 e. The van der Waals surface area contributed by atoms with Crippen LogP contribution in [0.5, 0.6) is 0 Å². The van der Waals surface area contributed by atoms with E-state index < -0.39 is 29.9 Å². The molecule has 0 spiro atoms. The van der Waals surface area contributed by atoms with Gasteiger partial charge in [-0.2, -0.15) is 10.2 Å². The summed E-state index contributed by atoms with van der Waals surface area (Å²) >= 11 is 0. The number of ether oxygens (including phenoxy) is 2. The molecule has 35 heavy (non-hydrogen) atoms. The van der Waals surface area contributed by atoms with Crippen LogP contribution in [0.4, 0.5) is 17.1 Å². The van der Waals surface area contributed by atoms with Crippen molar-refractivity contribution in [3.63, 3.8) is 0 Å². The lowest BCUT2D eigenvalue weighted by atomic mass is 10.1. The smallest absolute Gasteiger partial charge is 0.330 e. The number of hydrogen-bond acceptors (Lipinski definition) is 9. The lowest BCUT2D eigenvalue weighted by molar-refractivity contribution is -0.153. The molecule has 2 amide bonds. The number of fused-ring (bicyclic) bond motifs is 1. The third kappa shape index (κ3) is 6.05. The van der Waals surface area contributed by atoms with E-state index in [1.54, 1.807) is 6.07 Å². The van der Waals surface area contributed by atoms with Gasteiger partial charge in [0.2, 0.25) is 0 Å². The average molecular weight is 476 g/mol. The molecule has 10 heteroatoms. The standard InChI is InChI=1S/C25H24N4O6/c1-5-22(30)34-15-19(35-23(31)6-2)14-29-24(32)20-12-9-17(13-21(20)25(29)33)27-26-16-7-10-18(11-8-16)28(3)4/h5-13,19H,1-2,14-15H2,3-4H3. The maximum absolute atomic E-state index is 13.0. The van der Waals surface area contributed by atoms with Crippen LogP contribution in [0.2, 0.25) is 0 Å². The number of carbonyl (C=O) groups is 4. The zero-order valence-electron chi connectivity index (χ0n) is 19.3. The summed E-state index contributed by atoms with van der Waals surface area (Å²) in [6.07, 6.45) is 0.785. The van der Waals surface area contributed by atoms with Crippen LogP contribution in [0.3, 0.4) is 0 Å². The second-order valence-electron chi connectivity index (χ2n) is 7.66. The van der Waals surface area contributed by atoms with Crippen molar-refractivity contribution in [2.24, 2.45) is 10.2 Å². The zero-order chi connectivity index (χ0) is 25.5. The van der Waals surface area contributed by atoms with Gasteiger partial charge in [0.05, 0.1) is 29.0 Å². The van der Waals surface area contributed by atoms with Crippen molar-refractivity contribution >= 4 is 40.8 Å². The number of hydrogen-bond donors (Lipinski definition) is 0. The summed E-state index contributed by atoms with van der Waals surface area (Å²) in [5, 5.41) is 8.34. The molecule has 2 aromatic rings. The molecule has 3 rings (SSSR count). The quantitative estimate of drug-likeness (QED) is 0.223. The molecule has 10 nitrogen and oxygen atoms in total. The zero-order valence-corrected chi connectivity index (χ0v) is 19.3. The first-order valence-corrected chi connectivity index (χ1v) is 10.5. The molecule has 0 aliphatic carbocycles. The van der Waals surface area contributed by atoms with Gasteiger partial charge in [0.25, 0.3) is 11.8 Å². The van der Waals surface area contributed by atoms with Crippen LogP contribution < -0.4 is 4.90 Å². The van der Waals surface area contributed by atoms with Crippen LogP contribution >= 0.6 is 0 Å². The Labute approximate surface area is 202 Å². The van der Waals surface area contributed by atoms with Crippen LogP contribution in [0.15, 0.2) is 78.0 Å². The molecule has 2 aromatic carbocycles. The second kappa shape index (κ2) is 11.0. The minimum absolute atomic E-state index is 0.145. The van der Waals surface area contributed by atoms with Crippen molar-refractivity contribution in [1.29, 1.82) is 0 Å². The Kier molecular flexibility index (Phi) is 7.88. The predicted molar refractivity (Wildman–Crippen MR) is 128 cm³/mol. The van der Waals surface area contributed by atoms with E-state index in [1.807, 2.05) is 43.3 Å². The molecule has 0 bridgehead atoms. The summed E-state index contributed by atoms with van der Waals surface area (Å²) < 4.78 is 10.1. The van der Waals surface area contributed by atoms with Gasteiger partial charge in [-0.25, -0.2) is 9.59 Å². The number of rotatable bonds is 10. The Morgan fingerprint density at radius 3 is 2.17 bits per heavy atom. The normalized spacial score (nSPS) is 13.4. The number of carbonyl (C=O) groups excluding carboxylic acids is 4. The number of amides is 2. The third-order valence-corrected chi connectivity index (χ3v) is 5.02. The molecule has 1 aliphatic heterocycles. The van der Waals surface area contributed by atoms with Gasteiger partial charge >= 0.3 is 11.9 Å². The molecule has 0 saturated carbocycles. The van der Waals surface area contributed by atoms with Gasteiger partial charge < -0.3 is 14.4 Å². The van der Waals surface area contributed by atoms with E-state index in [-0.39, 0.29) is 24.3 Å². The van der Waals surface area contributed by atoms with E-state index in [2.05, 4.69) is 23.4 Å². The fourth-order valence-corrected chi connectivity index (χ4v) is 3.21. The van der Waals surface area contributed by atoms with Gasteiger partial charge in [0, 0.05) is 31.9 Å². The molecule has 0 saturated heterocycles. The minimum Gasteiger partial charge on any atom is -0.459 e. The van der Waals surface area contributed by atoms with Crippen LogP contribution in [-0.2, 0) is 19.1 Å². The summed E-state index contributed by atoms with van der Waals surface area (Å²) in [7, 11) is 3.87. The number of nitrogens with zero attached hydrogens (tertiary/aromatic N) is 4. The summed E-state index contributed by atoms with van der Waals surface area (Å²) in [5.41, 5.74) is 2.36. The molecule has 1 heterocycles. The van der Waals surface area contributed by atoms with Gasteiger partial charge in [0.15, 0.2) is 6.10 Å². The van der Waals surface area contributed by atoms with Crippen molar-refractivity contribution in [2.45, 2.75) is 6.10 Å². The SMILES string of the molecule is C=CC(=O)OCC(CN1C(=O)c2ccc(N=Nc3ccc(N(C)C)cc3)cc2C1=O)OC(=O)C=C. The molecular formula is C25H24N4O6. The van der Waals surface area contributed by atoms with Crippen molar-refractivity contribution < 1.29 is 28.7 Å². The number of imide groups is 1. The van der Waals surface area contributed by atoms with Crippen molar-refractivity contribution in [1.82, 2.24) is 4.90 Å². The molecule has 0 aromatic heterocycles.